The number of aromatic nitrogens is 1. The van der Waals surface area contributed by atoms with E-state index in [0.29, 0.717) is 0 Å². The van der Waals surface area contributed by atoms with Gasteiger partial charge in [-0.3, -0.25) is 0 Å². The average molecular weight is 302 g/mol. The minimum absolute atomic E-state index is 0.737. The quantitative estimate of drug-likeness (QED) is 0.715. The van der Waals surface area contributed by atoms with Gasteiger partial charge in [0.05, 0.1) is 19.7 Å². The van der Waals surface area contributed by atoms with E-state index in [4.69, 9.17) is 21.1 Å². The van der Waals surface area contributed by atoms with Crippen LogP contribution in [0, 0.1) is 0 Å². The highest BCUT2D eigenvalue weighted by Gasteiger charge is 2.09. The molecule has 0 saturated heterocycles. The lowest BCUT2D eigenvalue weighted by molar-refractivity contribution is 0.355. The van der Waals surface area contributed by atoms with Crippen LogP contribution in [0.4, 0.5) is 0 Å². The van der Waals surface area contributed by atoms with Crippen LogP contribution in [0.1, 0.15) is 5.56 Å². The summed E-state index contributed by atoms with van der Waals surface area (Å²) >= 11 is 5.92. The van der Waals surface area contributed by atoms with Crippen molar-refractivity contribution in [1.82, 2.24) is 4.57 Å². The molecule has 2 aromatic carbocycles. The van der Waals surface area contributed by atoms with Crippen molar-refractivity contribution in [3.63, 3.8) is 0 Å². The lowest BCUT2D eigenvalue weighted by Gasteiger charge is -2.10. The van der Waals surface area contributed by atoms with Crippen molar-refractivity contribution in [2.45, 2.75) is 6.54 Å². The molecular weight excluding hydrogens is 286 g/mol. The van der Waals surface area contributed by atoms with Crippen LogP contribution in [0.25, 0.3) is 10.9 Å². The summed E-state index contributed by atoms with van der Waals surface area (Å²) in [6.07, 6.45) is 2.07. The summed E-state index contributed by atoms with van der Waals surface area (Å²) in [5, 5.41) is 1.88. The van der Waals surface area contributed by atoms with Crippen molar-refractivity contribution in [3.8, 4) is 11.5 Å². The summed E-state index contributed by atoms with van der Waals surface area (Å²) in [6, 6.07) is 14.0. The zero-order chi connectivity index (χ0) is 14.8. The second-order valence-corrected chi connectivity index (χ2v) is 5.27. The molecule has 1 aromatic heterocycles. The molecule has 0 saturated carbocycles. The molecule has 0 N–H and O–H groups in total. The molecule has 3 rings (SSSR count). The number of hydrogen-bond acceptors (Lipinski definition) is 2. The number of hydrogen-bond donors (Lipinski definition) is 0. The summed E-state index contributed by atoms with van der Waals surface area (Å²) in [7, 11) is 3.30. The van der Waals surface area contributed by atoms with Crippen molar-refractivity contribution in [1.29, 1.82) is 0 Å². The number of fused-ring (bicyclic) bond motifs is 1. The van der Waals surface area contributed by atoms with Crippen LogP contribution in [0.15, 0.2) is 48.7 Å². The van der Waals surface area contributed by atoms with Crippen LogP contribution < -0.4 is 9.47 Å². The molecule has 0 spiro atoms. The topological polar surface area (TPSA) is 23.4 Å². The van der Waals surface area contributed by atoms with Crippen molar-refractivity contribution < 1.29 is 9.47 Å². The predicted octanol–water partition coefficient (Wildman–Crippen LogP) is 4.36. The maximum Gasteiger partial charge on any atom is 0.162 e. The van der Waals surface area contributed by atoms with Gasteiger partial charge in [0, 0.05) is 29.2 Å². The summed E-state index contributed by atoms with van der Waals surface area (Å²) < 4.78 is 12.9. The van der Waals surface area contributed by atoms with Crippen molar-refractivity contribution in [2.75, 3.05) is 14.2 Å². The summed E-state index contributed by atoms with van der Waals surface area (Å²) in [6.45, 7) is 0.788. The van der Waals surface area contributed by atoms with Gasteiger partial charge in [0.25, 0.3) is 0 Å². The van der Waals surface area contributed by atoms with Gasteiger partial charge < -0.3 is 14.0 Å². The maximum atomic E-state index is 5.92. The number of methoxy groups -OCH3 is 2. The number of ether oxygens (including phenoxy) is 2. The van der Waals surface area contributed by atoms with E-state index in [1.807, 2.05) is 36.4 Å². The minimum Gasteiger partial charge on any atom is -0.493 e. The Kier molecular flexibility index (Phi) is 3.76. The maximum absolute atomic E-state index is 5.92. The Balaban J connectivity index is 2.01. The van der Waals surface area contributed by atoms with Crippen molar-refractivity contribution in [2.24, 2.45) is 0 Å². The van der Waals surface area contributed by atoms with E-state index in [-0.39, 0.29) is 0 Å². The molecular formula is C17H16ClNO2. The largest absolute Gasteiger partial charge is 0.493 e. The molecule has 0 unspecified atom stereocenters. The first-order valence-electron chi connectivity index (χ1n) is 6.66. The molecule has 0 aliphatic carbocycles. The smallest absolute Gasteiger partial charge is 0.162 e. The van der Waals surface area contributed by atoms with E-state index in [1.54, 1.807) is 14.2 Å². The monoisotopic (exact) mass is 301 g/mol. The molecule has 0 radical (unpaired) electrons. The Morgan fingerprint density at radius 2 is 1.62 bits per heavy atom. The van der Waals surface area contributed by atoms with Crippen LogP contribution in [0.3, 0.4) is 0 Å². The summed E-state index contributed by atoms with van der Waals surface area (Å²) in [5.74, 6) is 1.48. The zero-order valence-corrected chi connectivity index (χ0v) is 12.7. The van der Waals surface area contributed by atoms with Crippen molar-refractivity contribution in [3.05, 3.63) is 59.2 Å². The fourth-order valence-corrected chi connectivity index (χ4v) is 2.57. The van der Waals surface area contributed by atoms with Crippen molar-refractivity contribution >= 4 is 22.5 Å². The van der Waals surface area contributed by atoms with Gasteiger partial charge in [0.15, 0.2) is 11.5 Å². The fraction of sp³-hybridized carbons (Fsp3) is 0.176. The molecule has 3 aromatic rings. The van der Waals surface area contributed by atoms with E-state index in [1.165, 1.54) is 5.56 Å². The van der Waals surface area contributed by atoms with Gasteiger partial charge in [-0.25, -0.2) is 0 Å². The second-order valence-electron chi connectivity index (χ2n) is 4.84. The standard InChI is InChI=1S/C17H16ClNO2/c1-20-16-9-13-7-8-19(15(13)10-17(16)21-2)11-12-3-5-14(18)6-4-12/h3-10H,11H2,1-2H3. The Bertz CT molecular complexity index is 762. The third-order valence-corrected chi connectivity index (χ3v) is 3.79. The fourth-order valence-electron chi connectivity index (χ4n) is 2.44. The summed E-state index contributed by atoms with van der Waals surface area (Å²) in [4.78, 5) is 0. The van der Waals surface area contributed by atoms with Crippen LogP contribution >= 0.6 is 11.6 Å². The zero-order valence-electron chi connectivity index (χ0n) is 12.0. The average Bonchev–Trinajstić information content (AvgIpc) is 2.90. The Morgan fingerprint density at radius 3 is 2.29 bits per heavy atom. The number of rotatable bonds is 4. The molecule has 3 nitrogen and oxygen atoms in total. The van der Waals surface area contributed by atoms with E-state index in [9.17, 15) is 0 Å². The number of benzene rings is 2. The lowest BCUT2D eigenvalue weighted by Crippen LogP contribution is -1.98. The third-order valence-electron chi connectivity index (χ3n) is 3.54. The van der Waals surface area contributed by atoms with Gasteiger partial charge in [0.1, 0.15) is 0 Å². The molecule has 0 aliphatic heterocycles. The summed E-state index contributed by atoms with van der Waals surface area (Å²) in [5.41, 5.74) is 2.31. The van der Waals surface area contributed by atoms with E-state index in [0.717, 1.165) is 34.0 Å². The third kappa shape index (κ3) is 2.69. The van der Waals surface area contributed by atoms with E-state index < -0.39 is 0 Å². The van der Waals surface area contributed by atoms with Crippen LogP contribution in [0.2, 0.25) is 5.02 Å². The Hall–Kier alpha value is -2.13. The normalized spacial score (nSPS) is 10.8. The van der Waals surface area contributed by atoms with Gasteiger partial charge in [-0.05, 0) is 29.8 Å². The van der Waals surface area contributed by atoms with Gasteiger partial charge in [0.2, 0.25) is 0 Å². The van der Waals surface area contributed by atoms with Gasteiger partial charge >= 0.3 is 0 Å². The first-order valence-corrected chi connectivity index (χ1v) is 7.04. The molecule has 0 fully saturated rings. The molecule has 21 heavy (non-hydrogen) atoms. The highest BCUT2D eigenvalue weighted by atomic mass is 35.5. The lowest BCUT2D eigenvalue weighted by atomic mass is 10.2. The highest BCUT2D eigenvalue weighted by molar-refractivity contribution is 6.30. The second kappa shape index (κ2) is 5.70. The van der Waals surface area contributed by atoms with E-state index in [2.05, 4.69) is 16.8 Å². The highest BCUT2D eigenvalue weighted by Crippen LogP contribution is 2.32. The first-order chi connectivity index (χ1) is 10.2. The SMILES string of the molecule is COc1cc2ccn(Cc3ccc(Cl)cc3)c2cc1OC. The van der Waals surface area contributed by atoms with Crippen LogP contribution in [-0.2, 0) is 6.54 Å². The molecule has 4 heteroatoms. The Labute approximate surface area is 128 Å². The molecule has 0 aliphatic rings. The molecule has 0 bridgehead atoms. The Morgan fingerprint density at radius 1 is 0.952 bits per heavy atom. The van der Waals surface area contributed by atoms with Crippen LogP contribution in [-0.4, -0.2) is 18.8 Å². The van der Waals surface area contributed by atoms with Gasteiger partial charge in [-0.15, -0.1) is 0 Å². The van der Waals surface area contributed by atoms with Gasteiger partial charge in [-0.1, -0.05) is 23.7 Å². The molecule has 0 amide bonds. The molecule has 108 valence electrons. The van der Waals surface area contributed by atoms with Gasteiger partial charge in [-0.2, -0.15) is 0 Å². The predicted molar refractivity (Wildman–Crippen MR) is 85.6 cm³/mol. The minimum atomic E-state index is 0.737. The molecule has 1 heterocycles. The first kappa shape index (κ1) is 13.8. The van der Waals surface area contributed by atoms with Crippen LogP contribution in [0.5, 0.6) is 11.5 Å². The number of halogens is 1. The molecule has 0 atom stereocenters. The number of nitrogens with zero attached hydrogens (tertiary/aromatic N) is 1. The van der Waals surface area contributed by atoms with E-state index >= 15 is 0 Å².